The van der Waals surface area contributed by atoms with Crippen LogP contribution in [0, 0.1) is 0 Å². The van der Waals surface area contributed by atoms with Gasteiger partial charge in [-0.25, -0.2) is 0 Å². The van der Waals surface area contributed by atoms with Gasteiger partial charge >= 0.3 is 17.9 Å². The standard InChI is InChI=1S/C12H18O8/c1-5(17-6(2)13)9-10(18-7(3)14)11(12(16)20-9)19-8(4)15/h5,9-12,16H,1-4H3/t5-,9-,10-,11-,12?/m1/s1. The summed E-state index contributed by atoms with van der Waals surface area (Å²) in [6.45, 7) is 5.06. The van der Waals surface area contributed by atoms with E-state index in [0.717, 1.165) is 6.92 Å². The number of carbonyl (C=O) groups excluding carboxylic acids is 3. The smallest absolute Gasteiger partial charge is 0.303 e. The third-order valence-electron chi connectivity index (χ3n) is 2.64. The second-order valence-electron chi connectivity index (χ2n) is 4.45. The van der Waals surface area contributed by atoms with Crippen LogP contribution in [0.4, 0.5) is 0 Å². The van der Waals surface area contributed by atoms with Gasteiger partial charge in [0.2, 0.25) is 0 Å². The van der Waals surface area contributed by atoms with Gasteiger partial charge < -0.3 is 24.1 Å². The van der Waals surface area contributed by atoms with Gasteiger partial charge in [0.15, 0.2) is 18.5 Å². The SMILES string of the molecule is CC(=O)O[C@@H]1[C@@H]([C@@H](C)OC(C)=O)OC(O)[C@@H]1OC(C)=O. The van der Waals surface area contributed by atoms with Crippen molar-refractivity contribution in [2.45, 2.75) is 58.4 Å². The summed E-state index contributed by atoms with van der Waals surface area (Å²) >= 11 is 0. The van der Waals surface area contributed by atoms with Crippen LogP contribution in [-0.2, 0) is 33.3 Å². The summed E-state index contributed by atoms with van der Waals surface area (Å²) in [6, 6.07) is 0. The lowest BCUT2D eigenvalue weighted by Gasteiger charge is -2.25. The van der Waals surface area contributed by atoms with Crippen molar-refractivity contribution in [2.75, 3.05) is 0 Å². The molecule has 1 aliphatic rings. The molecule has 20 heavy (non-hydrogen) atoms. The van der Waals surface area contributed by atoms with Crippen molar-refractivity contribution < 1.29 is 38.4 Å². The molecule has 0 radical (unpaired) electrons. The molecular formula is C12H18O8. The monoisotopic (exact) mass is 290 g/mol. The van der Waals surface area contributed by atoms with Crippen molar-refractivity contribution in [1.29, 1.82) is 0 Å². The zero-order chi connectivity index (χ0) is 15.4. The van der Waals surface area contributed by atoms with Crippen LogP contribution in [-0.4, -0.2) is 53.7 Å². The van der Waals surface area contributed by atoms with Gasteiger partial charge in [-0.05, 0) is 6.92 Å². The largest absolute Gasteiger partial charge is 0.460 e. The van der Waals surface area contributed by atoms with Gasteiger partial charge in [-0.2, -0.15) is 0 Å². The molecule has 0 aliphatic carbocycles. The molecule has 114 valence electrons. The van der Waals surface area contributed by atoms with E-state index in [0.29, 0.717) is 0 Å². The minimum atomic E-state index is -1.47. The number of aliphatic hydroxyl groups is 1. The van der Waals surface area contributed by atoms with Gasteiger partial charge in [-0.15, -0.1) is 0 Å². The average Bonchev–Trinajstić information content (AvgIpc) is 2.55. The zero-order valence-electron chi connectivity index (χ0n) is 11.7. The highest BCUT2D eigenvalue weighted by Crippen LogP contribution is 2.29. The molecule has 5 atom stereocenters. The Bertz CT molecular complexity index is 393. The Morgan fingerprint density at radius 3 is 1.95 bits per heavy atom. The normalized spacial score (nSPS) is 30.4. The minimum absolute atomic E-state index is 0.548. The van der Waals surface area contributed by atoms with E-state index < -0.39 is 48.6 Å². The summed E-state index contributed by atoms with van der Waals surface area (Å²) in [7, 11) is 0. The number of carbonyl (C=O) groups is 3. The van der Waals surface area contributed by atoms with Crippen LogP contribution in [0.5, 0.6) is 0 Å². The Labute approximate surface area is 115 Å². The molecule has 1 fully saturated rings. The molecule has 0 bridgehead atoms. The fraction of sp³-hybridized carbons (Fsp3) is 0.750. The summed E-state index contributed by atoms with van der Waals surface area (Å²) in [5, 5.41) is 9.74. The summed E-state index contributed by atoms with van der Waals surface area (Å²) in [5.41, 5.74) is 0. The van der Waals surface area contributed by atoms with E-state index in [1.54, 1.807) is 0 Å². The van der Waals surface area contributed by atoms with Crippen molar-refractivity contribution in [3.63, 3.8) is 0 Å². The Kier molecular flexibility index (Phi) is 5.46. The number of ether oxygens (including phenoxy) is 4. The van der Waals surface area contributed by atoms with Gasteiger partial charge in [-0.1, -0.05) is 0 Å². The molecule has 1 rings (SSSR count). The van der Waals surface area contributed by atoms with Gasteiger partial charge in [0.05, 0.1) is 0 Å². The topological polar surface area (TPSA) is 108 Å². The molecule has 1 aliphatic heterocycles. The van der Waals surface area contributed by atoms with Crippen LogP contribution >= 0.6 is 0 Å². The van der Waals surface area contributed by atoms with Crippen LogP contribution < -0.4 is 0 Å². The molecule has 0 amide bonds. The van der Waals surface area contributed by atoms with Crippen LogP contribution in [0.25, 0.3) is 0 Å². The third kappa shape index (κ3) is 4.17. The van der Waals surface area contributed by atoms with Crippen molar-refractivity contribution in [3.05, 3.63) is 0 Å². The first-order valence-electron chi connectivity index (χ1n) is 6.07. The highest BCUT2D eigenvalue weighted by atomic mass is 16.7. The van der Waals surface area contributed by atoms with Crippen LogP contribution in [0.3, 0.4) is 0 Å². The van der Waals surface area contributed by atoms with Crippen LogP contribution in [0.15, 0.2) is 0 Å². The van der Waals surface area contributed by atoms with Gasteiger partial charge in [0.1, 0.15) is 12.2 Å². The molecular weight excluding hydrogens is 272 g/mol. The Morgan fingerprint density at radius 2 is 1.50 bits per heavy atom. The maximum atomic E-state index is 11.1. The van der Waals surface area contributed by atoms with E-state index >= 15 is 0 Å². The second kappa shape index (κ2) is 6.67. The zero-order valence-corrected chi connectivity index (χ0v) is 11.7. The third-order valence-corrected chi connectivity index (χ3v) is 2.64. The number of hydrogen-bond acceptors (Lipinski definition) is 8. The van der Waals surface area contributed by atoms with Crippen LogP contribution in [0.2, 0.25) is 0 Å². The minimum Gasteiger partial charge on any atom is -0.460 e. The average molecular weight is 290 g/mol. The number of esters is 3. The number of aliphatic hydroxyl groups excluding tert-OH is 1. The first kappa shape index (κ1) is 16.4. The molecule has 8 heteroatoms. The predicted octanol–water partition coefficient (Wildman–Crippen LogP) is -0.481. The first-order valence-corrected chi connectivity index (χ1v) is 6.07. The molecule has 0 aromatic rings. The van der Waals surface area contributed by atoms with E-state index in [1.807, 2.05) is 0 Å². The van der Waals surface area contributed by atoms with Crippen molar-refractivity contribution in [1.82, 2.24) is 0 Å². The molecule has 1 saturated heterocycles. The molecule has 1 heterocycles. The van der Waals surface area contributed by atoms with Gasteiger partial charge in [0.25, 0.3) is 0 Å². The fourth-order valence-electron chi connectivity index (χ4n) is 2.01. The fourth-order valence-corrected chi connectivity index (χ4v) is 2.01. The molecule has 1 unspecified atom stereocenters. The molecule has 1 N–H and O–H groups in total. The summed E-state index contributed by atoms with van der Waals surface area (Å²) in [6.07, 6.45) is -5.40. The highest BCUT2D eigenvalue weighted by molar-refractivity contribution is 5.68. The molecule has 0 saturated carbocycles. The highest BCUT2D eigenvalue weighted by Gasteiger charge is 2.51. The van der Waals surface area contributed by atoms with E-state index in [1.165, 1.54) is 20.8 Å². The Balaban J connectivity index is 2.89. The Morgan fingerprint density at radius 1 is 1.00 bits per heavy atom. The lowest BCUT2D eigenvalue weighted by atomic mass is 10.1. The van der Waals surface area contributed by atoms with Gasteiger partial charge in [-0.3, -0.25) is 14.4 Å². The van der Waals surface area contributed by atoms with E-state index in [2.05, 4.69) is 0 Å². The first-order chi connectivity index (χ1) is 9.22. The summed E-state index contributed by atoms with van der Waals surface area (Å²) < 4.78 is 20.0. The van der Waals surface area contributed by atoms with Crippen molar-refractivity contribution in [2.24, 2.45) is 0 Å². The maximum Gasteiger partial charge on any atom is 0.303 e. The summed E-state index contributed by atoms with van der Waals surface area (Å²) in [5.74, 6) is -1.84. The lowest BCUT2D eigenvalue weighted by Crippen LogP contribution is -2.44. The molecule has 0 spiro atoms. The lowest BCUT2D eigenvalue weighted by molar-refractivity contribution is -0.176. The maximum absolute atomic E-state index is 11.1. The Hall–Kier alpha value is -1.67. The number of rotatable bonds is 4. The molecule has 0 aromatic carbocycles. The predicted molar refractivity (Wildman–Crippen MR) is 63.2 cm³/mol. The van der Waals surface area contributed by atoms with E-state index in [4.69, 9.17) is 18.9 Å². The summed E-state index contributed by atoms with van der Waals surface area (Å²) in [4.78, 5) is 33.1. The van der Waals surface area contributed by atoms with E-state index in [-0.39, 0.29) is 0 Å². The quantitative estimate of drug-likeness (QED) is 0.546. The van der Waals surface area contributed by atoms with E-state index in [9.17, 15) is 19.5 Å². The van der Waals surface area contributed by atoms with Gasteiger partial charge in [0, 0.05) is 20.8 Å². The second-order valence-corrected chi connectivity index (χ2v) is 4.45. The van der Waals surface area contributed by atoms with Crippen molar-refractivity contribution >= 4 is 17.9 Å². The molecule has 0 aromatic heterocycles. The molecule has 8 nitrogen and oxygen atoms in total. The van der Waals surface area contributed by atoms with Crippen molar-refractivity contribution in [3.8, 4) is 0 Å². The number of hydrogen-bond donors (Lipinski definition) is 1. The van der Waals surface area contributed by atoms with Crippen LogP contribution in [0.1, 0.15) is 27.7 Å².